The van der Waals surface area contributed by atoms with Crippen LogP contribution in [0.1, 0.15) is 0 Å². The lowest BCUT2D eigenvalue weighted by molar-refractivity contribution is -0.394. The Balaban J connectivity index is 3.27. The van der Waals surface area contributed by atoms with Crippen molar-refractivity contribution in [2.75, 3.05) is 0 Å². The summed E-state index contributed by atoms with van der Waals surface area (Å²) in [6.45, 7) is 0. The second-order valence-corrected chi connectivity index (χ2v) is 2.56. The molecule has 0 amide bonds. The van der Waals surface area contributed by atoms with E-state index >= 15 is 0 Å². The van der Waals surface area contributed by atoms with Crippen LogP contribution in [-0.2, 0) is 0 Å². The molecule has 0 bridgehead atoms. The van der Waals surface area contributed by atoms with E-state index in [4.69, 9.17) is 11.6 Å². The molecule has 0 N–H and O–H groups in total. The van der Waals surface area contributed by atoms with Crippen molar-refractivity contribution in [1.82, 2.24) is 0 Å². The van der Waals surface area contributed by atoms with Crippen molar-refractivity contribution in [2.45, 2.75) is 0 Å². The summed E-state index contributed by atoms with van der Waals surface area (Å²) in [5.74, 6) is 0. The van der Waals surface area contributed by atoms with Gasteiger partial charge in [-0.25, -0.2) is 0 Å². The van der Waals surface area contributed by atoms with E-state index in [9.17, 15) is 20.2 Å². The summed E-state index contributed by atoms with van der Waals surface area (Å²) < 4.78 is 0. The fourth-order valence-corrected chi connectivity index (χ4v) is 0.941. The summed E-state index contributed by atoms with van der Waals surface area (Å²) in [6, 6.07) is 3.05. The van der Waals surface area contributed by atoms with E-state index in [0.717, 1.165) is 18.2 Å². The monoisotopic (exact) mass is 208 g/mol. The minimum absolute atomic E-state index is 0.115. The van der Waals surface area contributed by atoms with Crippen molar-refractivity contribution < 1.29 is 9.85 Å². The maximum atomic E-state index is 10.3. The Hall–Kier alpha value is -1.69. The first kappa shape index (κ1) is 9.40. The Kier molecular flexibility index (Phi) is 2.43. The third-order valence-electron chi connectivity index (χ3n) is 1.34. The smallest absolute Gasteiger partial charge is 0.258 e. The molecule has 0 spiro atoms. The molecule has 1 rings (SSSR count). The lowest BCUT2D eigenvalue weighted by atomic mass is 11.2. The van der Waals surface area contributed by atoms with Gasteiger partial charge in [-0.1, -0.05) is 11.6 Å². The highest BCUT2D eigenvalue weighted by Gasteiger charge is 2.17. The lowest BCUT2D eigenvalue weighted by Gasteiger charge is -1.94. The topological polar surface area (TPSA) is 86.3 Å². The van der Waals surface area contributed by atoms with E-state index in [-0.39, 0.29) is 10.7 Å². The number of nitro benzene ring substituents is 2. The number of nitro groups is 2. The van der Waals surface area contributed by atoms with Gasteiger partial charge < -0.3 is 0 Å². The number of benzene rings is 1. The minimum atomic E-state index is -0.769. The van der Waals surface area contributed by atoms with E-state index in [1.54, 1.807) is 0 Å². The predicted molar refractivity (Wildman–Crippen MR) is 44.8 cm³/mol. The van der Waals surface area contributed by atoms with E-state index < -0.39 is 15.5 Å². The fraction of sp³-hybridized carbons (Fsp3) is 0. The van der Waals surface area contributed by atoms with E-state index in [1.807, 2.05) is 0 Å². The van der Waals surface area contributed by atoms with Crippen LogP contribution in [0, 0.1) is 20.2 Å². The number of rotatable bonds is 2. The Morgan fingerprint density at radius 1 is 1.15 bits per heavy atom. The van der Waals surface area contributed by atoms with Crippen LogP contribution < -0.4 is 0 Å². The third kappa shape index (κ3) is 1.91. The van der Waals surface area contributed by atoms with Crippen molar-refractivity contribution in [1.29, 1.82) is 0 Å². The normalized spacial score (nSPS) is 9.62. The molecular formula is C6H3ClN2O4. The van der Waals surface area contributed by atoms with Crippen molar-refractivity contribution in [2.24, 2.45) is 0 Å². The first-order valence-corrected chi connectivity index (χ1v) is 3.48. The molecule has 6 nitrogen and oxygen atoms in total. The quantitative estimate of drug-likeness (QED) is 0.550. The number of hydrogen-bond acceptors (Lipinski definition) is 4. The van der Waals surface area contributed by atoms with E-state index in [0.29, 0.717) is 0 Å². The molecule has 13 heavy (non-hydrogen) atoms. The standard InChI is InChI=1S/C6H3ClN2O4/c7-5-2-1-4(8(10)11)3-6(5)9(12)13/h1-3H/i1+1,2+1,3+1,4+1,5+1,6+1. The van der Waals surface area contributed by atoms with Crippen molar-refractivity contribution >= 4 is 23.0 Å². The first-order valence-electron chi connectivity index (χ1n) is 3.10. The van der Waals surface area contributed by atoms with Gasteiger partial charge in [-0.2, -0.15) is 0 Å². The van der Waals surface area contributed by atoms with Crippen LogP contribution in [0.4, 0.5) is 11.4 Å². The molecule has 0 atom stereocenters. The number of non-ortho nitro benzene ring substituents is 1. The molecule has 0 aromatic heterocycles. The molecule has 1 aromatic rings. The first-order chi connectivity index (χ1) is 6.02. The zero-order chi connectivity index (χ0) is 10.0. The summed E-state index contributed by atoms with van der Waals surface area (Å²) in [4.78, 5) is 19.0. The molecular weight excluding hydrogens is 205 g/mol. The van der Waals surface area contributed by atoms with Crippen LogP contribution in [0.3, 0.4) is 0 Å². The minimum Gasteiger partial charge on any atom is -0.258 e. The van der Waals surface area contributed by atoms with Gasteiger partial charge >= 0.3 is 0 Å². The molecule has 0 unspecified atom stereocenters. The second kappa shape index (κ2) is 3.36. The Bertz CT molecular complexity index is 379. The zero-order valence-electron chi connectivity index (χ0n) is 6.14. The molecule has 0 fully saturated rings. The zero-order valence-corrected chi connectivity index (χ0v) is 6.89. The molecule has 68 valence electrons. The number of hydrogen-bond donors (Lipinski definition) is 0. The molecule has 0 saturated heterocycles. The third-order valence-corrected chi connectivity index (χ3v) is 1.66. The van der Waals surface area contributed by atoms with Gasteiger partial charge in [-0.05, 0) is 6.07 Å². The second-order valence-electron chi connectivity index (χ2n) is 2.15. The van der Waals surface area contributed by atoms with Gasteiger partial charge in [0, 0.05) is 6.07 Å². The van der Waals surface area contributed by atoms with Crippen LogP contribution in [0.25, 0.3) is 0 Å². The van der Waals surface area contributed by atoms with Crippen molar-refractivity contribution in [3.8, 4) is 0 Å². The number of halogens is 1. The molecule has 0 aliphatic heterocycles. The fourth-order valence-electron chi connectivity index (χ4n) is 0.755. The highest BCUT2D eigenvalue weighted by Crippen LogP contribution is 2.28. The summed E-state index contributed by atoms with van der Waals surface area (Å²) in [7, 11) is 0. The Labute approximate surface area is 77.0 Å². The molecule has 0 heterocycles. The van der Waals surface area contributed by atoms with Crippen LogP contribution in [0.2, 0.25) is 5.02 Å². The summed E-state index contributed by atoms with van der Waals surface area (Å²) in [5, 5.41) is 20.4. The Morgan fingerprint density at radius 2 is 1.77 bits per heavy atom. The van der Waals surface area contributed by atoms with Crippen LogP contribution in [0.5, 0.6) is 0 Å². The highest BCUT2D eigenvalue weighted by atomic mass is 35.5. The van der Waals surface area contributed by atoms with Crippen LogP contribution >= 0.6 is 11.6 Å². The summed E-state index contributed by atoms with van der Waals surface area (Å²) in [5.41, 5.74) is -0.813. The van der Waals surface area contributed by atoms with E-state index in [2.05, 4.69) is 0 Å². The van der Waals surface area contributed by atoms with Crippen molar-refractivity contribution in [3.05, 3.63) is 43.5 Å². The molecule has 0 radical (unpaired) electrons. The molecule has 0 aliphatic carbocycles. The summed E-state index contributed by atoms with van der Waals surface area (Å²) in [6.07, 6.45) is 0. The van der Waals surface area contributed by atoms with Gasteiger partial charge in [0.05, 0.1) is 15.9 Å². The van der Waals surface area contributed by atoms with Crippen LogP contribution in [-0.4, -0.2) is 9.85 Å². The average Bonchev–Trinajstić information content (AvgIpc) is 2.04. The van der Waals surface area contributed by atoms with Gasteiger partial charge in [0.15, 0.2) is 0 Å². The summed E-state index contributed by atoms with van der Waals surface area (Å²) >= 11 is 5.43. The molecule has 0 saturated carbocycles. The van der Waals surface area contributed by atoms with Crippen molar-refractivity contribution in [3.63, 3.8) is 0 Å². The van der Waals surface area contributed by atoms with Gasteiger partial charge in [-0.15, -0.1) is 0 Å². The maximum Gasteiger partial charge on any atom is 0.294 e. The number of nitrogens with zero attached hydrogens (tertiary/aromatic N) is 2. The lowest BCUT2D eigenvalue weighted by Crippen LogP contribution is -1.92. The largest absolute Gasteiger partial charge is 0.294 e. The van der Waals surface area contributed by atoms with Gasteiger partial charge in [-0.3, -0.25) is 20.2 Å². The SMILES string of the molecule is O=[N+]([O-])[13c]1[13cH][13cH][13c](Cl)[13c]([N+](=O)[O-])[13cH]1. The average molecular weight is 209 g/mol. The molecule has 0 aliphatic rings. The van der Waals surface area contributed by atoms with Gasteiger partial charge in [0.25, 0.3) is 11.4 Å². The predicted octanol–water partition coefficient (Wildman–Crippen LogP) is 2.16. The van der Waals surface area contributed by atoms with Gasteiger partial charge in [0.2, 0.25) is 0 Å². The van der Waals surface area contributed by atoms with Gasteiger partial charge in [0.1, 0.15) is 5.02 Å². The van der Waals surface area contributed by atoms with E-state index in [1.165, 1.54) is 0 Å². The highest BCUT2D eigenvalue weighted by molar-refractivity contribution is 6.32. The maximum absolute atomic E-state index is 10.3. The molecule has 1 aromatic carbocycles. The Morgan fingerprint density at radius 3 is 2.23 bits per heavy atom. The van der Waals surface area contributed by atoms with Crippen LogP contribution in [0.15, 0.2) is 18.2 Å². The molecule has 7 heteroatoms.